The Balaban J connectivity index is 1.01. The predicted molar refractivity (Wildman–Crippen MR) is 203 cm³/mol. The number of β-lactam (4-membered cyclic amide) rings is 1. The minimum absolute atomic E-state index is 0.0755. The second-order valence-corrected chi connectivity index (χ2v) is 19.3. The molecule has 0 bridgehead atoms. The largest absolute Gasteiger partial charge is 0.393 e. The summed E-state index contributed by atoms with van der Waals surface area (Å²) in [6.45, 7) is 11.4. The number of rotatable bonds is 14. The molecule has 0 aromatic rings. The first-order valence-corrected chi connectivity index (χ1v) is 21.5. The third-order valence-electron chi connectivity index (χ3n) is 15.2. The van der Waals surface area contributed by atoms with Gasteiger partial charge in [-0.2, -0.15) is 0 Å². The number of ketones is 2. The van der Waals surface area contributed by atoms with Crippen LogP contribution in [-0.2, 0) is 19.2 Å². The Morgan fingerprint density at radius 3 is 2.53 bits per heavy atom. The van der Waals surface area contributed by atoms with Gasteiger partial charge in [0.2, 0.25) is 5.91 Å². The number of aliphatic hydroxyl groups excluding tert-OH is 1. The van der Waals surface area contributed by atoms with Crippen molar-refractivity contribution in [1.29, 1.82) is 0 Å². The maximum absolute atomic E-state index is 13.6. The molecule has 6 rings (SSSR count). The lowest BCUT2D eigenvalue weighted by Gasteiger charge is -2.61. The van der Waals surface area contributed by atoms with Crippen molar-refractivity contribution in [3.05, 3.63) is 11.3 Å². The van der Waals surface area contributed by atoms with Crippen LogP contribution >= 0.6 is 11.8 Å². The molecule has 5 fully saturated rings. The lowest BCUT2D eigenvalue weighted by atomic mass is 9.44. The normalized spacial score (nSPS) is 38.3. The van der Waals surface area contributed by atoms with Crippen LogP contribution < -0.4 is 5.32 Å². The van der Waals surface area contributed by atoms with Gasteiger partial charge in [-0.3, -0.25) is 24.1 Å². The average molecular weight is 721 g/mol. The molecule has 6 aliphatic rings. The number of allylic oxidation sites excluding steroid dienone is 1. The van der Waals surface area contributed by atoms with Crippen molar-refractivity contribution in [2.45, 2.75) is 161 Å². The zero-order valence-corrected chi connectivity index (χ0v) is 32.8. The summed E-state index contributed by atoms with van der Waals surface area (Å²) < 4.78 is 0. The van der Waals surface area contributed by atoms with E-state index in [9.17, 15) is 24.3 Å². The lowest BCUT2D eigenvalue weighted by molar-refractivity contribution is -0.147. The van der Waals surface area contributed by atoms with Crippen LogP contribution in [0.4, 0.5) is 0 Å². The summed E-state index contributed by atoms with van der Waals surface area (Å²) in [4.78, 5) is 54.6. The Kier molecular flexibility index (Phi) is 11.9. The van der Waals surface area contributed by atoms with Crippen molar-refractivity contribution in [2.75, 3.05) is 5.75 Å². The summed E-state index contributed by atoms with van der Waals surface area (Å²) in [7, 11) is 0. The number of carbonyl (C=O) groups excluding carboxylic acids is 4. The van der Waals surface area contributed by atoms with Gasteiger partial charge in [0, 0.05) is 37.9 Å². The number of hydrogen-bond donors (Lipinski definition) is 2. The van der Waals surface area contributed by atoms with Gasteiger partial charge in [-0.1, -0.05) is 34.1 Å². The molecule has 282 valence electrons. The molecule has 0 aromatic heterocycles. The topological polar surface area (TPSA) is 104 Å². The maximum Gasteiger partial charge on any atom is 0.253 e. The van der Waals surface area contributed by atoms with E-state index in [1.165, 1.54) is 44.9 Å². The van der Waals surface area contributed by atoms with E-state index in [1.807, 2.05) is 13.8 Å². The standard InChI is InChI=1S/C43H64N2O5S/c1-7-9-11-30(46)22-28(10-8-2)23-36(48)39-27(4)25-51-41-38(40(50)45(39)41)44-37(49)17-12-26(3)33-15-16-34-32-14-13-29-24-31(47)18-20-42(29,5)35(32)19-21-43(33,34)6/h2,26,28-29,31-35,38,41,47H,7,9-25H2,1,3-6H3,(H,44,49). The molecule has 12 atom stereocenters. The Morgan fingerprint density at radius 2 is 1.78 bits per heavy atom. The second-order valence-electron chi connectivity index (χ2n) is 18.2. The van der Waals surface area contributed by atoms with Crippen molar-refractivity contribution in [1.82, 2.24) is 10.2 Å². The third-order valence-corrected chi connectivity index (χ3v) is 16.6. The van der Waals surface area contributed by atoms with Gasteiger partial charge in [0.1, 0.15) is 17.2 Å². The molecule has 2 amide bonds. The Morgan fingerprint density at radius 1 is 1.04 bits per heavy atom. The van der Waals surface area contributed by atoms with Gasteiger partial charge < -0.3 is 10.4 Å². The van der Waals surface area contributed by atoms with Gasteiger partial charge >= 0.3 is 0 Å². The molecule has 8 heteroatoms. The summed E-state index contributed by atoms with van der Waals surface area (Å²) in [6, 6.07) is -0.619. The van der Waals surface area contributed by atoms with Crippen LogP contribution in [0.2, 0.25) is 0 Å². The van der Waals surface area contributed by atoms with Gasteiger partial charge in [0.15, 0.2) is 5.78 Å². The highest BCUT2D eigenvalue weighted by molar-refractivity contribution is 8.00. The van der Waals surface area contributed by atoms with Crippen molar-refractivity contribution in [2.24, 2.45) is 52.3 Å². The molecule has 0 aromatic carbocycles. The van der Waals surface area contributed by atoms with E-state index in [2.05, 4.69) is 32.0 Å². The second kappa shape index (κ2) is 15.7. The number of unbranched alkanes of at least 4 members (excludes halogenated alkanes) is 1. The van der Waals surface area contributed by atoms with Gasteiger partial charge in [-0.05, 0) is 135 Å². The van der Waals surface area contributed by atoms with Crippen LogP contribution in [-0.4, -0.2) is 56.7 Å². The number of nitrogens with one attached hydrogen (secondary N) is 1. The predicted octanol–water partition coefficient (Wildman–Crippen LogP) is 7.84. The van der Waals surface area contributed by atoms with E-state index < -0.39 is 6.04 Å². The number of aliphatic hydroxyl groups is 1. The molecular weight excluding hydrogens is 657 g/mol. The summed E-state index contributed by atoms with van der Waals surface area (Å²) in [5.41, 5.74) is 2.01. The number of carbonyl (C=O) groups is 4. The molecule has 4 aliphatic carbocycles. The molecule has 51 heavy (non-hydrogen) atoms. The summed E-state index contributed by atoms with van der Waals surface area (Å²) >= 11 is 1.60. The smallest absolute Gasteiger partial charge is 0.253 e. The van der Waals surface area contributed by atoms with Crippen molar-refractivity contribution in [3.8, 4) is 12.3 Å². The molecule has 12 unspecified atom stereocenters. The molecule has 2 N–H and O–H groups in total. The molecule has 1 saturated heterocycles. The van der Waals surface area contributed by atoms with Crippen molar-refractivity contribution in [3.63, 3.8) is 0 Å². The van der Waals surface area contributed by atoms with Crippen LogP contribution in [0.25, 0.3) is 0 Å². The molecule has 7 nitrogen and oxygen atoms in total. The highest BCUT2D eigenvalue weighted by Crippen LogP contribution is 2.68. The fourth-order valence-electron chi connectivity index (χ4n) is 12.4. The van der Waals surface area contributed by atoms with E-state index >= 15 is 0 Å². The first-order valence-electron chi connectivity index (χ1n) is 20.4. The Hall–Kier alpha value is -2.11. The number of nitrogens with zero attached hydrogens (tertiary/aromatic N) is 1. The zero-order chi connectivity index (χ0) is 36.7. The lowest BCUT2D eigenvalue weighted by Crippen LogP contribution is -2.70. The van der Waals surface area contributed by atoms with Gasteiger partial charge in [-0.15, -0.1) is 24.1 Å². The monoisotopic (exact) mass is 720 g/mol. The first-order chi connectivity index (χ1) is 24.3. The summed E-state index contributed by atoms with van der Waals surface area (Å²) in [5, 5.41) is 13.2. The van der Waals surface area contributed by atoms with E-state index in [-0.39, 0.29) is 47.2 Å². The number of terminal acetylenes is 1. The summed E-state index contributed by atoms with van der Waals surface area (Å²) in [5.74, 6) is 6.83. The van der Waals surface area contributed by atoms with Crippen LogP contribution in [0.3, 0.4) is 0 Å². The van der Waals surface area contributed by atoms with Crippen molar-refractivity contribution < 1.29 is 24.3 Å². The molecule has 0 radical (unpaired) electrons. The van der Waals surface area contributed by atoms with E-state index in [1.54, 1.807) is 16.7 Å². The number of hydrogen-bond acceptors (Lipinski definition) is 6. The third kappa shape index (κ3) is 7.38. The Labute approximate surface area is 311 Å². The van der Waals surface area contributed by atoms with Gasteiger partial charge in [0.05, 0.1) is 11.8 Å². The average Bonchev–Trinajstić information content (AvgIpc) is 3.46. The fraction of sp³-hybridized carbons (Fsp3) is 0.814. The molecule has 4 saturated carbocycles. The minimum atomic E-state index is -0.619. The van der Waals surface area contributed by atoms with Crippen LogP contribution in [0.5, 0.6) is 0 Å². The molecule has 2 aliphatic heterocycles. The number of fused-ring (bicyclic) bond motifs is 6. The highest BCUT2D eigenvalue weighted by Gasteiger charge is 2.60. The maximum atomic E-state index is 13.6. The summed E-state index contributed by atoms with van der Waals surface area (Å²) in [6.07, 6.45) is 20.7. The SMILES string of the molecule is C#CCC(CC(=O)CCCC)CC(=O)C1=C(C)CSC2C(NC(=O)CCC(C)C3CCC4C5CCC6CC(O)CCC6(C)C5CCC34C)C(=O)N12. The first kappa shape index (κ1) is 38.6. The number of Topliss-reactive ketones (excluding diaryl/α,β-unsaturated/α-hetero) is 2. The van der Waals surface area contributed by atoms with Gasteiger partial charge in [0.25, 0.3) is 5.91 Å². The minimum Gasteiger partial charge on any atom is -0.393 e. The van der Waals surface area contributed by atoms with Crippen molar-refractivity contribution >= 4 is 35.1 Å². The van der Waals surface area contributed by atoms with Crippen LogP contribution in [0.1, 0.15) is 144 Å². The molecule has 0 spiro atoms. The van der Waals surface area contributed by atoms with E-state index in [0.717, 1.165) is 55.4 Å². The van der Waals surface area contributed by atoms with Crippen LogP contribution in [0.15, 0.2) is 11.3 Å². The van der Waals surface area contributed by atoms with Gasteiger partial charge in [-0.25, -0.2) is 0 Å². The van der Waals surface area contributed by atoms with Crippen LogP contribution in [0, 0.1) is 64.6 Å². The highest BCUT2D eigenvalue weighted by atomic mass is 32.2. The fourth-order valence-corrected chi connectivity index (χ4v) is 13.7. The van der Waals surface area contributed by atoms with E-state index in [0.29, 0.717) is 65.7 Å². The Bertz CT molecular complexity index is 1440. The number of amides is 2. The van der Waals surface area contributed by atoms with E-state index in [4.69, 9.17) is 6.42 Å². The quantitative estimate of drug-likeness (QED) is 0.140. The zero-order valence-electron chi connectivity index (χ0n) is 32.0. The molecule has 2 heterocycles. The molecular formula is C43H64N2O5S. The number of thioether (sulfide) groups is 1.